The van der Waals surface area contributed by atoms with Gasteiger partial charge < -0.3 is 5.11 Å². The van der Waals surface area contributed by atoms with Crippen LogP contribution in [0.25, 0.3) is 5.69 Å². The zero-order chi connectivity index (χ0) is 15.9. The van der Waals surface area contributed by atoms with Crippen molar-refractivity contribution >= 4 is 29.8 Å². The summed E-state index contributed by atoms with van der Waals surface area (Å²) in [4.78, 5) is 35.5. The Bertz CT molecular complexity index is 885. The van der Waals surface area contributed by atoms with E-state index in [9.17, 15) is 14.4 Å². The molecule has 2 rings (SSSR count). The third-order valence-corrected chi connectivity index (χ3v) is 3.85. The number of carboxylic acids is 1. The van der Waals surface area contributed by atoms with Gasteiger partial charge in [-0.25, -0.2) is 19.0 Å². The molecule has 9 heteroatoms. The highest BCUT2D eigenvalue weighted by atomic mass is 35.5. The molecule has 0 bridgehead atoms. The molecule has 1 N–H and O–H groups in total. The van der Waals surface area contributed by atoms with Gasteiger partial charge in [0.05, 0.1) is 16.3 Å². The van der Waals surface area contributed by atoms with E-state index in [1.54, 1.807) is 0 Å². The molecule has 1 aromatic heterocycles. The van der Waals surface area contributed by atoms with Crippen LogP contribution in [0.1, 0.15) is 10.4 Å². The lowest BCUT2D eigenvalue weighted by Crippen LogP contribution is -2.43. The lowest BCUT2D eigenvalue weighted by Gasteiger charge is -2.11. The van der Waals surface area contributed by atoms with Gasteiger partial charge in [0.15, 0.2) is 4.77 Å². The van der Waals surface area contributed by atoms with Crippen molar-refractivity contribution < 1.29 is 9.90 Å². The molecule has 0 aliphatic rings. The summed E-state index contributed by atoms with van der Waals surface area (Å²) in [5.74, 6) is -1.25. The second-order valence-corrected chi connectivity index (χ2v) is 5.04. The zero-order valence-corrected chi connectivity index (χ0v) is 12.6. The van der Waals surface area contributed by atoms with E-state index in [1.807, 2.05) is 0 Å². The molecule has 0 amide bonds. The SMILES string of the molecule is Cn1c(=S)n(C)c(=O)n(-c2ccc(Cl)c(C(=O)O)c2)c1=O. The molecule has 0 saturated heterocycles. The number of rotatable bonds is 2. The van der Waals surface area contributed by atoms with Crippen molar-refractivity contribution in [3.63, 3.8) is 0 Å². The molecule has 21 heavy (non-hydrogen) atoms. The molecule has 0 atom stereocenters. The van der Waals surface area contributed by atoms with E-state index in [4.69, 9.17) is 28.9 Å². The lowest BCUT2D eigenvalue weighted by atomic mass is 10.2. The second-order valence-electron chi connectivity index (χ2n) is 4.27. The number of halogens is 1. The van der Waals surface area contributed by atoms with Crippen LogP contribution in [0.15, 0.2) is 27.8 Å². The minimum atomic E-state index is -1.25. The maximum atomic E-state index is 12.2. The summed E-state index contributed by atoms with van der Waals surface area (Å²) in [5.41, 5.74) is -1.43. The van der Waals surface area contributed by atoms with Crippen LogP contribution < -0.4 is 11.4 Å². The fraction of sp³-hybridized carbons (Fsp3) is 0.167. The van der Waals surface area contributed by atoms with Gasteiger partial charge in [0.2, 0.25) is 0 Å². The van der Waals surface area contributed by atoms with E-state index in [1.165, 1.54) is 26.2 Å². The Morgan fingerprint density at radius 3 is 2.19 bits per heavy atom. The zero-order valence-electron chi connectivity index (χ0n) is 11.0. The van der Waals surface area contributed by atoms with Crippen molar-refractivity contribution in [2.24, 2.45) is 14.1 Å². The number of hydrogen-bond acceptors (Lipinski definition) is 4. The second kappa shape index (κ2) is 5.30. The Hall–Kier alpha value is -2.19. The standard InChI is InChI=1S/C12H10ClN3O4S/c1-14-10(19)16(11(20)15(2)12(14)21)6-3-4-8(13)7(5-6)9(17)18/h3-5H,1-2H3,(H,17,18). The van der Waals surface area contributed by atoms with E-state index in [2.05, 4.69) is 0 Å². The van der Waals surface area contributed by atoms with Crippen LogP contribution in [0, 0.1) is 4.77 Å². The summed E-state index contributed by atoms with van der Waals surface area (Å²) < 4.78 is 3.13. The quantitative estimate of drug-likeness (QED) is 0.830. The molecule has 110 valence electrons. The molecule has 1 aromatic carbocycles. The fourth-order valence-corrected chi connectivity index (χ4v) is 2.16. The first kappa shape index (κ1) is 15.2. The first-order valence-corrected chi connectivity index (χ1v) is 6.46. The van der Waals surface area contributed by atoms with Crippen LogP contribution in [0.5, 0.6) is 0 Å². The molecule has 0 saturated carbocycles. The number of aromatic carboxylic acids is 1. The van der Waals surface area contributed by atoms with Crippen molar-refractivity contribution in [2.45, 2.75) is 0 Å². The van der Waals surface area contributed by atoms with Crippen molar-refractivity contribution in [1.82, 2.24) is 13.7 Å². The van der Waals surface area contributed by atoms with Crippen LogP contribution in [-0.2, 0) is 14.1 Å². The first-order chi connectivity index (χ1) is 9.75. The van der Waals surface area contributed by atoms with Gasteiger partial charge in [-0.15, -0.1) is 0 Å². The molecule has 1 heterocycles. The van der Waals surface area contributed by atoms with E-state index in [0.717, 1.165) is 19.8 Å². The van der Waals surface area contributed by atoms with Crippen molar-refractivity contribution in [3.05, 3.63) is 54.5 Å². The highest BCUT2D eigenvalue weighted by Crippen LogP contribution is 2.18. The normalized spacial score (nSPS) is 10.6. The maximum Gasteiger partial charge on any atom is 0.338 e. The van der Waals surface area contributed by atoms with Gasteiger partial charge in [-0.3, -0.25) is 9.13 Å². The minimum absolute atomic E-state index is 0.0142. The fourth-order valence-electron chi connectivity index (χ4n) is 1.81. The smallest absolute Gasteiger partial charge is 0.338 e. The molecule has 0 aliphatic carbocycles. The number of hydrogen-bond donors (Lipinski definition) is 1. The third-order valence-electron chi connectivity index (χ3n) is 2.97. The van der Waals surface area contributed by atoms with Gasteiger partial charge in [-0.05, 0) is 30.4 Å². The summed E-state index contributed by atoms with van der Waals surface area (Å²) in [6, 6.07) is 3.87. The van der Waals surface area contributed by atoms with E-state index in [-0.39, 0.29) is 21.0 Å². The summed E-state index contributed by atoms with van der Waals surface area (Å²) in [7, 11) is 2.85. The van der Waals surface area contributed by atoms with Crippen LogP contribution >= 0.6 is 23.8 Å². The average molecular weight is 328 g/mol. The topological polar surface area (TPSA) is 86.2 Å². The Balaban J connectivity index is 2.90. The lowest BCUT2D eigenvalue weighted by molar-refractivity contribution is 0.0697. The molecule has 2 aromatic rings. The van der Waals surface area contributed by atoms with Crippen LogP contribution in [0.3, 0.4) is 0 Å². The first-order valence-electron chi connectivity index (χ1n) is 5.68. The maximum absolute atomic E-state index is 12.2. The molecule has 0 spiro atoms. The van der Waals surface area contributed by atoms with E-state index >= 15 is 0 Å². The summed E-state index contributed by atoms with van der Waals surface area (Å²) in [6.45, 7) is 0. The van der Waals surface area contributed by atoms with Crippen LogP contribution in [0.2, 0.25) is 5.02 Å². The highest BCUT2D eigenvalue weighted by molar-refractivity contribution is 7.71. The molecule has 0 aliphatic heterocycles. The summed E-state index contributed by atoms with van der Waals surface area (Å²) >= 11 is 10.7. The van der Waals surface area contributed by atoms with Gasteiger partial charge in [0, 0.05) is 14.1 Å². The van der Waals surface area contributed by atoms with Crippen molar-refractivity contribution in [1.29, 1.82) is 0 Å². The predicted octanol–water partition coefficient (Wildman–Crippen LogP) is 0.956. The van der Waals surface area contributed by atoms with Crippen LogP contribution in [0.4, 0.5) is 0 Å². The van der Waals surface area contributed by atoms with Crippen LogP contribution in [-0.4, -0.2) is 24.8 Å². The molecule has 0 fully saturated rings. The molecule has 7 nitrogen and oxygen atoms in total. The Labute approximate surface area is 128 Å². The molecular weight excluding hydrogens is 318 g/mol. The Morgan fingerprint density at radius 2 is 1.71 bits per heavy atom. The Kier molecular flexibility index (Phi) is 3.84. The molecule has 0 radical (unpaired) electrons. The molecule has 0 unspecified atom stereocenters. The van der Waals surface area contributed by atoms with E-state index < -0.39 is 17.3 Å². The average Bonchev–Trinajstić information content (AvgIpc) is 2.44. The van der Waals surface area contributed by atoms with Gasteiger partial charge in [0.1, 0.15) is 0 Å². The number of aromatic nitrogens is 3. The van der Waals surface area contributed by atoms with Crippen molar-refractivity contribution in [3.8, 4) is 5.69 Å². The van der Waals surface area contributed by atoms with Gasteiger partial charge in [-0.1, -0.05) is 11.6 Å². The van der Waals surface area contributed by atoms with Gasteiger partial charge >= 0.3 is 17.3 Å². The number of nitrogens with zero attached hydrogens (tertiary/aromatic N) is 3. The number of carboxylic acid groups (broad SMARTS) is 1. The predicted molar refractivity (Wildman–Crippen MR) is 79.1 cm³/mol. The largest absolute Gasteiger partial charge is 0.478 e. The van der Waals surface area contributed by atoms with Gasteiger partial charge in [0.25, 0.3) is 0 Å². The van der Waals surface area contributed by atoms with Crippen molar-refractivity contribution in [2.75, 3.05) is 0 Å². The van der Waals surface area contributed by atoms with E-state index in [0.29, 0.717) is 0 Å². The number of benzene rings is 1. The summed E-state index contributed by atoms with van der Waals surface area (Å²) in [6.07, 6.45) is 0. The third kappa shape index (κ3) is 2.43. The van der Waals surface area contributed by atoms with Gasteiger partial charge in [-0.2, -0.15) is 0 Å². The minimum Gasteiger partial charge on any atom is -0.478 e. The highest BCUT2D eigenvalue weighted by Gasteiger charge is 2.15. The Morgan fingerprint density at radius 1 is 1.19 bits per heavy atom. The molecular formula is C12H10ClN3O4S. The number of carbonyl (C=O) groups is 1. The monoisotopic (exact) mass is 327 g/mol. The summed E-state index contributed by atoms with van der Waals surface area (Å²) in [5, 5.41) is 9.07.